The number of amides is 2. The van der Waals surface area contributed by atoms with Gasteiger partial charge in [0, 0.05) is 16.0 Å². The summed E-state index contributed by atoms with van der Waals surface area (Å²) < 4.78 is 4.09. The van der Waals surface area contributed by atoms with Crippen LogP contribution in [0.2, 0.25) is 0 Å². The van der Waals surface area contributed by atoms with Crippen LogP contribution >= 0.6 is 47.3 Å². The molecule has 2 amide bonds. The number of carbonyl (C=O) groups is 3. The zero-order valence-corrected chi connectivity index (χ0v) is 20.9. The molecule has 0 saturated carbocycles. The molecule has 0 bridgehead atoms. The molecule has 2 aromatic heterocycles. The van der Waals surface area contributed by atoms with Gasteiger partial charge in [0.05, 0.1) is 0 Å². The fourth-order valence-corrected chi connectivity index (χ4v) is 6.05. The summed E-state index contributed by atoms with van der Waals surface area (Å²) in [5, 5.41) is 17.8. The van der Waals surface area contributed by atoms with Crippen LogP contribution in [0.3, 0.4) is 0 Å². The number of thiol groups is 1. The second kappa shape index (κ2) is 9.73. The van der Waals surface area contributed by atoms with Crippen molar-refractivity contribution in [2.24, 2.45) is 5.16 Å². The Labute approximate surface area is 210 Å². The topological polar surface area (TPSA) is 173 Å². The Kier molecular flexibility index (Phi) is 6.92. The molecule has 1 fully saturated rings. The summed E-state index contributed by atoms with van der Waals surface area (Å²) in [5.41, 5.74) is 5.93. The van der Waals surface area contributed by atoms with E-state index in [0.29, 0.717) is 21.3 Å². The predicted molar refractivity (Wildman–Crippen MR) is 131 cm³/mol. The number of aromatic nitrogens is 3. The van der Waals surface area contributed by atoms with E-state index in [1.54, 1.807) is 13.0 Å². The lowest BCUT2D eigenvalue weighted by molar-refractivity contribution is -0.150. The SMILES string of the molecule is CON=C(C(=O)NC1C(=O)N2C(C(=O)O)=C(C=C(S)c3nc(C)ns3)CSC12)c1csc(N)n1. The highest BCUT2D eigenvalue weighted by atomic mass is 32.2. The number of carbonyl (C=O) groups excluding carboxylic acids is 2. The van der Waals surface area contributed by atoms with Gasteiger partial charge >= 0.3 is 5.97 Å². The number of nitrogens with two attached hydrogens (primary N) is 1. The van der Waals surface area contributed by atoms with E-state index in [9.17, 15) is 19.5 Å². The number of thiazole rings is 1. The van der Waals surface area contributed by atoms with Crippen molar-refractivity contribution in [3.63, 3.8) is 0 Å². The zero-order chi connectivity index (χ0) is 24.6. The molecule has 4 rings (SSSR count). The number of β-lactam (4-membered cyclic amide) rings is 1. The molecule has 1 saturated heterocycles. The van der Waals surface area contributed by atoms with Crippen LogP contribution in [0.1, 0.15) is 16.5 Å². The lowest BCUT2D eigenvalue weighted by Crippen LogP contribution is -2.71. The average molecular weight is 540 g/mol. The number of allylic oxidation sites excluding steroid dienone is 1. The van der Waals surface area contributed by atoms with Crippen molar-refractivity contribution in [1.29, 1.82) is 0 Å². The second-order valence-electron chi connectivity index (χ2n) is 6.91. The number of hydrogen-bond donors (Lipinski definition) is 4. The highest BCUT2D eigenvalue weighted by Crippen LogP contribution is 2.41. The van der Waals surface area contributed by atoms with E-state index in [2.05, 4.69) is 37.4 Å². The monoisotopic (exact) mass is 539 g/mol. The Morgan fingerprint density at radius 3 is 2.79 bits per heavy atom. The van der Waals surface area contributed by atoms with Crippen molar-refractivity contribution in [1.82, 2.24) is 24.6 Å². The van der Waals surface area contributed by atoms with Crippen LogP contribution in [0.5, 0.6) is 0 Å². The Hall–Kier alpha value is -2.95. The molecule has 2 unspecified atom stereocenters. The van der Waals surface area contributed by atoms with Crippen molar-refractivity contribution in [2.45, 2.75) is 18.3 Å². The number of oxime groups is 1. The Balaban J connectivity index is 1.56. The maximum Gasteiger partial charge on any atom is 0.352 e. The number of fused-ring (bicyclic) bond motifs is 1. The lowest BCUT2D eigenvalue weighted by Gasteiger charge is -2.49. The molecule has 0 aliphatic carbocycles. The van der Waals surface area contributed by atoms with Gasteiger partial charge in [-0.05, 0) is 30.1 Å². The Morgan fingerprint density at radius 2 is 2.21 bits per heavy atom. The van der Waals surface area contributed by atoms with Gasteiger partial charge < -0.3 is 21.0 Å². The third-order valence-corrected chi connectivity index (χ3v) is 8.01. The van der Waals surface area contributed by atoms with Crippen molar-refractivity contribution in [2.75, 3.05) is 18.6 Å². The largest absolute Gasteiger partial charge is 0.477 e. The first-order valence-electron chi connectivity index (χ1n) is 9.47. The van der Waals surface area contributed by atoms with Crippen LogP contribution < -0.4 is 11.1 Å². The summed E-state index contributed by atoms with van der Waals surface area (Å²) in [6, 6.07) is -0.947. The van der Waals surface area contributed by atoms with E-state index in [-0.39, 0.29) is 28.0 Å². The first kappa shape index (κ1) is 24.2. The molecule has 2 aliphatic heterocycles. The van der Waals surface area contributed by atoms with Gasteiger partial charge in [-0.15, -0.1) is 35.7 Å². The van der Waals surface area contributed by atoms with E-state index in [1.807, 2.05) is 0 Å². The van der Waals surface area contributed by atoms with E-state index in [1.165, 1.54) is 24.3 Å². The molecule has 2 aromatic rings. The Morgan fingerprint density at radius 1 is 1.44 bits per heavy atom. The number of aliphatic carboxylic acids is 1. The summed E-state index contributed by atoms with van der Waals surface area (Å²) in [6.07, 6.45) is 1.57. The maximum atomic E-state index is 12.9. The molecule has 0 spiro atoms. The number of nitrogens with zero attached hydrogens (tertiary/aromatic N) is 5. The number of carboxylic acid groups (broad SMARTS) is 1. The van der Waals surface area contributed by atoms with Gasteiger partial charge in [-0.25, -0.2) is 14.8 Å². The molecule has 178 valence electrons. The number of carboxylic acids is 1. The molecule has 2 aliphatic rings. The predicted octanol–water partition coefficient (Wildman–Crippen LogP) is 0.945. The number of anilines is 1. The molecule has 2 atom stereocenters. The van der Waals surface area contributed by atoms with Gasteiger partial charge in [0.25, 0.3) is 11.8 Å². The normalized spacial score (nSPS) is 20.7. The molecule has 0 radical (unpaired) electrons. The van der Waals surface area contributed by atoms with Gasteiger partial charge in [-0.2, -0.15) is 4.37 Å². The summed E-state index contributed by atoms with van der Waals surface area (Å²) in [5.74, 6) is -1.65. The van der Waals surface area contributed by atoms with E-state index >= 15 is 0 Å². The third-order valence-electron chi connectivity index (χ3n) is 4.71. The van der Waals surface area contributed by atoms with Crippen molar-refractivity contribution < 1.29 is 24.3 Å². The zero-order valence-electron chi connectivity index (χ0n) is 17.6. The summed E-state index contributed by atoms with van der Waals surface area (Å²) in [7, 11) is 1.27. The van der Waals surface area contributed by atoms with Crippen LogP contribution in [0, 0.1) is 6.92 Å². The van der Waals surface area contributed by atoms with Crippen LogP contribution in [0.15, 0.2) is 27.9 Å². The molecule has 12 nitrogen and oxygen atoms in total. The number of nitrogens with one attached hydrogen (secondary N) is 1. The number of aryl methyl sites for hydroxylation is 1. The van der Waals surface area contributed by atoms with E-state index in [4.69, 9.17) is 10.6 Å². The molecular weight excluding hydrogens is 523 g/mol. The van der Waals surface area contributed by atoms with Crippen LogP contribution in [0.25, 0.3) is 4.91 Å². The van der Waals surface area contributed by atoms with Crippen molar-refractivity contribution in [3.8, 4) is 0 Å². The molecular formula is C18H17N7O5S4. The number of thioether (sulfide) groups is 1. The van der Waals surface area contributed by atoms with Crippen LogP contribution in [-0.2, 0) is 19.2 Å². The molecule has 16 heteroatoms. The lowest BCUT2D eigenvalue weighted by atomic mass is 10.0. The fraction of sp³-hybridized carbons (Fsp3) is 0.278. The van der Waals surface area contributed by atoms with Crippen LogP contribution in [0.4, 0.5) is 5.13 Å². The smallest absolute Gasteiger partial charge is 0.352 e. The number of nitrogen functional groups attached to an aromatic ring is 1. The highest BCUT2D eigenvalue weighted by Gasteiger charge is 2.54. The number of hydrogen-bond acceptors (Lipinski definition) is 13. The minimum Gasteiger partial charge on any atom is -0.477 e. The average Bonchev–Trinajstić information content (AvgIpc) is 3.43. The van der Waals surface area contributed by atoms with Crippen molar-refractivity contribution in [3.05, 3.63) is 39.3 Å². The minimum atomic E-state index is -1.26. The first-order chi connectivity index (χ1) is 16.2. The van der Waals surface area contributed by atoms with E-state index < -0.39 is 29.2 Å². The second-order valence-corrected chi connectivity index (χ2v) is 10.1. The van der Waals surface area contributed by atoms with E-state index in [0.717, 1.165) is 27.8 Å². The molecule has 34 heavy (non-hydrogen) atoms. The fourth-order valence-electron chi connectivity index (χ4n) is 3.28. The standard InChI is InChI=1S/C18H17N7O5S4/c1-6-20-14(34-24-6)9(31)3-7-4-32-16-11(15(27)25(16)12(7)17(28)29)22-13(26)10(23-30-2)8-5-33-18(19)21-8/h3,5,11,16,31H,4H2,1-2H3,(H2,19,21)(H,22,26)(H,28,29). The van der Waals surface area contributed by atoms with Gasteiger partial charge in [-0.3, -0.25) is 14.5 Å². The van der Waals surface area contributed by atoms with Gasteiger partial charge in [0.1, 0.15) is 40.7 Å². The van der Waals surface area contributed by atoms with Crippen LogP contribution in [-0.4, -0.2) is 72.1 Å². The van der Waals surface area contributed by atoms with Gasteiger partial charge in [0.2, 0.25) is 0 Å². The summed E-state index contributed by atoms with van der Waals surface area (Å²) >= 11 is 8.00. The van der Waals surface area contributed by atoms with Gasteiger partial charge in [0.15, 0.2) is 10.8 Å². The molecule has 0 aromatic carbocycles. The third kappa shape index (κ3) is 4.53. The molecule has 4 heterocycles. The summed E-state index contributed by atoms with van der Waals surface area (Å²) in [4.78, 5) is 52.4. The van der Waals surface area contributed by atoms with Gasteiger partial charge in [-0.1, -0.05) is 5.16 Å². The number of rotatable bonds is 7. The Bertz CT molecular complexity index is 1270. The van der Waals surface area contributed by atoms with Crippen molar-refractivity contribution >= 4 is 80.8 Å². The highest BCUT2D eigenvalue weighted by molar-refractivity contribution is 8.00. The minimum absolute atomic E-state index is 0.146. The summed E-state index contributed by atoms with van der Waals surface area (Å²) in [6.45, 7) is 1.74. The first-order valence-corrected chi connectivity index (χ1v) is 12.6. The quantitative estimate of drug-likeness (QED) is 0.172. The molecule has 4 N–H and O–H groups in total. The maximum absolute atomic E-state index is 12.9.